The largest absolute Gasteiger partial charge is 0.389 e. The molecular weight excluding hydrogens is 318 g/mol. The molecule has 1 aromatic carbocycles. The van der Waals surface area contributed by atoms with Crippen molar-refractivity contribution in [3.8, 4) is 0 Å². The van der Waals surface area contributed by atoms with Gasteiger partial charge in [-0.25, -0.2) is 13.1 Å². The van der Waals surface area contributed by atoms with Gasteiger partial charge in [0.05, 0.1) is 5.02 Å². The topological polar surface area (TPSA) is 75.4 Å². The zero-order valence-corrected chi connectivity index (χ0v) is 13.9. The number of nitrogens with two attached hydrogens (primary N) is 1. The molecule has 0 amide bonds. The molecule has 0 heterocycles. The van der Waals surface area contributed by atoms with E-state index >= 15 is 0 Å². The van der Waals surface area contributed by atoms with Gasteiger partial charge < -0.3 is 10.6 Å². The number of nitrogens with zero attached hydrogens (tertiary/aromatic N) is 1. The minimum absolute atomic E-state index is 0.0181. The fourth-order valence-electron chi connectivity index (χ4n) is 1.35. The molecule has 0 aliphatic rings. The van der Waals surface area contributed by atoms with Gasteiger partial charge in [0.2, 0.25) is 10.0 Å². The zero-order chi connectivity index (χ0) is 15.5. The van der Waals surface area contributed by atoms with Crippen LogP contribution in [0.15, 0.2) is 23.1 Å². The van der Waals surface area contributed by atoms with Gasteiger partial charge >= 0.3 is 0 Å². The summed E-state index contributed by atoms with van der Waals surface area (Å²) in [5.41, 5.74) is 5.97. The molecule has 0 saturated heterocycles. The molecule has 0 aliphatic carbocycles. The van der Waals surface area contributed by atoms with Gasteiger partial charge in [-0.3, -0.25) is 0 Å². The Morgan fingerprint density at radius 2 is 2.10 bits per heavy atom. The molecule has 0 radical (unpaired) electrons. The van der Waals surface area contributed by atoms with E-state index in [1.165, 1.54) is 12.1 Å². The molecule has 1 aromatic rings. The van der Waals surface area contributed by atoms with Crippen LogP contribution < -0.4 is 10.5 Å². The lowest BCUT2D eigenvalue weighted by molar-refractivity contribution is 0.314. The second-order valence-corrected chi connectivity index (χ2v) is 7.26. The van der Waals surface area contributed by atoms with Crippen LogP contribution in [0.1, 0.15) is 12.5 Å². The maximum Gasteiger partial charge on any atom is 0.242 e. The summed E-state index contributed by atoms with van der Waals surface area (Å²) >= 11 is 10.8. The van der Waals surface area contributed by atoms with Crippen molar-refractivity contribution in [2.24, 2.45) is 5.73 Å². The van der Waals surface area contributed by atoms with Gasteiger partial charge in [-0.1, -0.05) is 29.9 Å². The van der Waals surface area contributed by atoms with Crippen LogP contribution in [0.3, 0.4) is 0 Å². The maximum absolute atomic E-state index is 12.3. The number of sulfonamides is 1. The SMILES string of the molecule is CC(CNS(=O)(=O)c1cc(C(N)=S)ccc1Cl)N(C)C. The van der Waals surface area contributed by atoms with E-state index in [-0.39, 0.29) is 27.5 Å². The number of benzene rings is 1. The lowest BCUT2D eigenvalue weighted by Crippen LogP contribution is -2.38. The number of rotatable bonds is 6. The third kappa shape index (κ3) is 4.39. The zero-order valence-electron chi connectivity index (χ0n) is 11.6. The Hall–Kier alpha value is -0.730. The van der Waals surface area contributed by atoms with Crippen LogP contribution in [-0.4, -0.2) is 45.0 Å². The van der Waals surface area contributed by atoms with Crippen LogP contribution in [0.4, 0.5) is 0 Å². The van der Waals surface area contributed by atoms with Crippen molar-refractivity contribution in [3.63, 3.8) is 0 Å². The molecule has 3 N–H and O–H groups in total. The highest BCUT2D eigenvalue weighted by atomic mass is 35.5. The second-order valence-electron chi connectivity index (χ2n) is 4.67. The first kappa shape index (κ1) is 17.3. The minimum atomic E-state index is -3.70. The number of hydrogen-bond donors (Lipinski definition) is 2. The van der Waals surface area contributed by atoms with E-state index in [4.69, 9.17) is 29.6 Å². The molecule has 112 valence electrons. The van der Waals surface area contributed by atoms with Gasteiger partial charge in [0, 0.05) is 18.2 Å². The van der Waals surface area contributed by atoms with Crippen molar-refractivity contribution < 1.29 is 8.42 Å². The average Bonchev–Trinajstić information content (AvgIpc) is 2.35. The molecule has 0 aromatic heterocycles. The standard InChI is InChI=1S/C12H18ClN3O2S2/c1-8(16(2)3)7-15-20(17,18)11-6-9(12(14)19)4-5-10(11)13/h4-6,8,15H,7H2,1-3H3,(H2,14,19). The van der Waals surface area contributed by atoms with Crippen molar-refractivity contribution >= 4 is 38.8 Å². The molecule has 5 nitrogen and oxygen atoms in total. The van der Waals surface area contributed by atoms with E-state index in [1.54, 1.807) is 6.07 Å². The Morgan fingerprint density at radius 3 is 2.60 bits per heavy atom. The monoisotopic (exact) mass is 335 g/mol. The highest BCUT2D eigenvalue weighted by Crippen LogP contribution is 2.22. The predicted molar refractivity (Wildman–Crippen MR) is 85.7 cm³/mol. The van der Waals surface area contributed by atoms with E-state index in [9.17, 15) is 8.42 Å². The molecule has 0 aliphatic heterocycles. The molecule has 0 saturated carbocycles. The Bertz CT molecular complexity index is 603. The Balaban J connectivity index is 3.03. The normalized spacial score (nSPS) is 13.4. The lowest BCUT2D eigenvalue weighted by Gasteiger charge is -2.20. The van der Waals surface area contributed by atoms with Crippen molar-refractivity contribution in [1.29, 1.82) is 0 Å². The minimum Gasteiger partial charge on any atom is -0.389 e. The highest BCUT2D eigenvalue weighted by Gasteiger charge is 2.20. The summed E-state index contributed by atoms with van der Waals surface area (Å²) in [6.07, 6.45) is 0. The van der Waals surface area contributed by atoms with E-state index in [2.05, 4.69) is 4.72 Å². The highest BCUT2D eigenvalue weighted by molar-refractivity contribution is 7.89. The van der Waals surface area contributed by atoms with Crippen LogP contribution in [0.5, 0.6) is 0 Å². The van der Waals surface area contributed by atoms with Crippen molar-refractivity contribution in [3.05, 3.63) is 28.8 Å². The first-order chi connectivity index (χ1) is 9.15. The predicted octanol–water partition coefficient (Wildman–Crippen LogP) is 1.20. The molecular formula is C12H18ClN3O2S2. The molecule has 0 spiro atoms. The molecule has 8 heteroatoms. The molecule has 0 bridgehead atoms. The van der Waals surface area contributed by atoms with Crippen molar-refractivity contribution in [1.82, 2.24) is 9.62 Å². The van der Waals surface area contributed by atoms with Gasteiger partial charge in [0.15, 0.2) is 0 Å². The van der Waals surface area contributed by atoms with Crippen LogP contribution in [0.25, 0.3) is 0 Å². The first-order valence-electron chi connectivity index (χ1n) is 5.90. The summed E-state index contributed by atoms with van der Waals surface area (Å²) in [5.74, 6) is 0. The van der Waals surface area contributed by atoms with Crippen LogP contribution >= 0.6 is 23.8 Å². The maximum atomic E-state index is 12.3. The fraction of sp³-hybridized carbons (Fsp3) is 0.417. The smallest absolute Gasteiger partial charge is 0.242 e. The molecule has 1 rings (SSSR count). The molecule has 1 unspecified atom stereocenters. The van der Waals surface area contributed by atoms with E-state index < -0.39 is 10.0 Å². The van der Waals surface area contributed by atoms with E-state index in [0.717, 1.165) is 0 Å². The Labute approximate surface area is 130 Å². The average molecular weight is 336 g/mol. The van der Waals surface area contributed by atoms with E-state index in [0.29, 0.717) is 5.56 Å². The number of hydrogen-bond acceptors (Lipinski definition) is 4. The number of halogens is 1. The first-order valence-corrected chi connectivity index (χ1v) is 8.17. The lowest BCUT2D eigenvalue weighted by atomic mass is 10.2. The van der Waals surface area contributed by atoms with Crippen LogP contribution in [0, 0.1) is 0 Å². The summed E-state index contributed by atoms with van der Waals surface area (Å²) in [6.45, 7) is 2.19. The number of likely N-dealkylation sites (N-methyl/N-ethyl adjacent to an activating group) is 1. The Kier molecular flexibility index (Phi) is 5.91. The molecule has 20 heavy (non-hydrogen) atoms. The van der Waals surface area contributed by atoms with E-state index in [1.807, 2.05) is 25.9 Å². The quantitative estimate of drug-likeness (QED) is 0.764. The summed E-state index contributed by atoms with van der Waals surface area (Å²) in [5, 5.41) is 0.134. The third-order valence-corrected chi connectivity index (χ3v) is 5.10. The summed E-state index contributed by atoms with van der Waals surface area (Å²) in [7, 11) is 0.0495. The fourth-order valence-corrected chi connectivity index (χ4v) is 3.13. The van der Waals surface area contributed by atoms with Gasteiger partial charge in [0.25, 0.3) is 0 Å². The van der Waals surface area contributed by atoms with Gasteiger partial charge in [-0.15, -0.1) is 0 Å². The summed E-state index contributed by atoms with van der Waals surface area (Å²) in [4.78, 5) is 2.02. The molecule has 0 fully saturated rings. The Morgan fingerprint density at radius 1 is 1.50 bits per heavy atom. The van der Waals surface area contributed by atoms with Crippen molar-refractivity contribution in [2.45, 2.75) is 17.9 Å². The number of nitrogens with one attached hydrogen (secondary N) is 1. The third-order valence-electron chi connectivity index (χ3n) is 2.96. The van der Waals surface area contributed by atoms with Crippen LogP contribution in [0.2, 0.25) is 5.02 Å². The van der Waals surface area contributed by atoms with Gasteiger partial charge in [-0.05, 0) is 33.2 Å². The second kappa shape index (κ2) is 6.82. The van der Waals surface area contributed by atoms with Crippen molar-refractivity contribution in [2.75, 3.05) is 20.6 Å². The van der Waals surface area contributed by atoms with Crippen LogP contribution in [-0.2, 0) is 10.0 Å². The molecule has 1 atom stereocenters. The summed E-state index contributed by atoms with van der Waals surface area (Å²) in [6, 6.07) is 4.50. The summed E-state index contributed by atoms with van der Waals surface area (Å²) < 4.78 is 27.0. The van der Waals surface area contributed by atoms with Gasteiger partial charge in [-0.2, -0.15) is 0 Å². The van der Waals surface area contributed by atoms with Gasteiger partial charge in [0.1, 0.15) is 9.88 Å². The number of thiocarbonyl (C=S) groups is 1.